The first kappa shape index (κ1) is 14.0. The third-order valence-electron chi connectivity index (χ3n) is 2.70. The molecule has 0 saturated heterocycles. The van der Waals surface area contributed by atoms with E-state index in [0.717, 1.165) is 17.9 Å². The normalized spacial score (nSPS) is 10.6. The molecular formula is C11H19ClN4O. The lowest BCUT2D eigenvalue weighted by molar-refractivity contribution is -0.130. The van der Waals surface area contributed by atoms with Gasteiger partial charge in [-0.05, 0) is 20.9 Å². The minimum atomic E-state index is 0.0301. The van der Waals surface area contributed by atoms with Crippen LogP contribution in [0.25, 0.3) is 0 Å². The Morgan fingerprint density at radius 2 is 2.18 bits per heavy atom. The van der Waals surface area contributed by atoms with Gasteiger partial charge in [-0.3, -0.25) is 9.48 Å². The van der Waals surface area contributed by atoms with Crippen molar-refractivity contribution >= 4 is 17.5 Å². The van der Waals surface area contributed by atoms with Crippen molar-refractivity contribution in [3.05, 3.63) is 16.4 Å². The molecule has 5 nitrogen and oxygen atoms in total. The highest BCUT2D eigenvalue weighted by atomic mass is 35.5. The number of nitrogens with one attached hydrogen (secondary N) is 1. The van der Waals surface area contributed by atoms with Crippen molar-refractivity contribution in [1.82, 2.24) is 20.0 Å². The quantitative estimate of drug-likeness (QED) is 0.851. The molecule has 1 aromatic heterocycles. The summed E-state index contributed by atoms with van der Waals surface area (Å²) in [5, 5.41) is 7.87. The molecule has 6 heteroatoms. The summed E-state index contributed by atoms with van der Waals surface area (Å²) in [5.74, 6) is 0.0301. The van der Waals surface area contributed by atoms with Gasteiger partial charge < -0.3 is 10.2 Å². The zero-order chi connectivity index (χ0) is 13.0. The van der Waals surface area contributed by atoms with Crippen LogP contribution in [0.2, 0.25) is 5.02 Å². The van der Waals surface area contributed by atoms with E-state index in [2.05, 4.69) is 10.4 Å². The molecule has 1 heterocycles. The van der Waals surface area contributed by atoms with Gasteiger partial charge in [0.1, 0.15) is 6.54 Å². The SMILES string of the molecule is CNCCN(C)C(=O)Cn1nc(C)c(Cl)c1C. The maximum atomic E-state index is 11.9. The van der Waals surface area contributed by atoms with Crippen LogP contribution in [0.3, 0.4) is 0 Å². The predicted molar refractivity (Wildman–Crippen MR) is 68.3 cm³/mol. The van der Waals surface area contributed by atoms with Crippen molar-refractivity contribution in [3.8, 4) is 0 Å². The largest absolute Gasteiger partial charge is 0.343 e. The number of halogens is 1. The van der Waals surface area contributed by atoms with Crippen LogP contribution in [0.15, 0.2) is 0 Å². The van der Waals surface area contributed by atoms with E-state index in [4.69, 9.17) is 11.6 Å². The van der Waals surface area contributed by atoms with E-state index in [9.17, 15) is 4.79 Å². The summed E-state index contributed by atoms with van der Waals surface area (Å²) in [4.78, 5) is 13.6. The van der Waals surface area contributed by atoms with Crippen LogP contribution in [-0.4, -0.2) is 47.8 Å². The lowest BCUT2D eigenvalue weighted by Crippen LogP contribution is -2.35. The van der Waals surface area contributed by atoms with Crippen LogP contribution in [0, 0.1) is 13.8 Å². The second-order valence-corrected chi connectivity index (χ2v) is 4.44. The Labute approximate surface area is 107 Å². The van der Waals surface area contributed by atoms with Crippen LogP contribution in [0.5, 0.6) is 0 Å². The number of carbonyl (C=O) groups excluding carboxylic acids is 1. The van der Waals surface area contributed by atoms with Gasteiger partial charge in [-0.2, -0.15) is 5.10 Å². The maximum Gasteiger partial charge on any atom is 0.244 e. The number of carbonyl (C=O) groups is 1. The van der Waals surface area contributed by atoms with Crippen molar-refractivity contribution in [1.29, 1.82) is 0 Å². The highest BCUT2D eigenvalue weighted by Crippen LogP contribution is 2.18. The van der Waals surface area contributed by atoms with E-state index in [0.29, 0.717) is 11.6 Å². The Hall–Kier alpha value is -1.07. The van der Waals surface area contributed by atoms with E-state index in [1.165, 1.54) is 0 Å². The molecular weight excluding hydrogens is 240 g/mol. The molecule has 1 aromatic rings. The molecule has 0 spiro atoms. The minimum absolute atomic E-state index is 0.0301. The first-order valence-corrected chi connectivity index (χ1v) is 5.93. The average molecular weight is 259 g/mol. The van der Waals surface area contributed by atoms with E-state index in [1.54, 1.807) is 16.6 Å². The fourth-order valence-corrected chi connectivity index (χ4v) is 1.62. The molecule has 1 rings (SSSR count). The molecule has 0 aliphatic rings. The molecule has 17 heavy (non-hydrogen) atoms. The fraction of sp³-hybridized carbons (Fsp3) is 0.636. The van der Waals surface area contributed by atoms with Crippen LogP contribution in [0.4, 0.5) is 0 Å². The molecule has 1 N–H and O–H groups in total. The summed E-state index contributed by atoms with van der Waals surface area (Å²) in [6, 6.07) is 0. The van der Waals surface area contributed by atoms with E-state index < -0.39 is 0 Å². The van der Waals surface area contributed by atoms with Gasteiger partial charge >= 0.3 is 0 Å². The van der Waals surface area contributed by atoms with Gasteiger partial charge in [0.15, 0.2) is 0 Å². The van der Waals surface area contributed by atoms with Gasteiger partial charge in [0.25, 0.3) is 0 Å². The molecule has 0 unspecified atom stereocenters. The van der Waals surface area contributed by atoms with Crippen LogP contribution >= 0.6 is 11.6 Å². The Morgan fingerprint density at radius 3 is 2.65 bits per heavy atom. The lowest BCUT2D eigenvalue weighted by Gasteiger charge is -2.17. The van der Waals surface area contributed by atoms with Crippen molar-refractivity contribution in [2.45, 2.75) is 20.4 Å². The summed E-state index contributed by atoms with van der Waals surface area (Å²) in [6.07, 6.45) is 0. The first-order chi connectivity index (χ1) is 7.97. The predicted octanol–water partition coefficient (Wildman–Crippen LogP) is 0.831. The van der Waals surface area contributed by atoms with Crippen molar-refractivity contribution in [2.75, 3.05) is 27.2 Å². The summed E-state index contributed by atoms with van der Waals surface area (Å²) < 4.78 is 1.65. The summed E-state index contributed by atoms with van der Waals surface area (Å²) >= 11 is 6.03. The Bertz CT molecular complexity index is 402. The van der Waals surface area contributed by atoms with Gasteiger partial charge in [0.05, 0.1) is 16.4 Å². The van der Waals surface area contributed by atoms with Gasteiger partial charge in [-0.25, -0.2) is 0 Å². The number of amides is 1. The maximum absolute atomic E-state index is 11.9. The Balaban J connectivity index is 2.64. The number of aryl methyl sites for hydroxylation is 1. The fourth-order valence-electron chi connectivity index (χ4n) is 1.48. The highest BCUT2D eigenvalue weighted by Gasteiger charge is 2.14. The number of rotatable bonds is 5. The molecule has 0 aliphatic heterocycles. The molecule has 96 valence electrons. The average Bonchev–Trinajstić information content (AvgIpc) is 2.54. The van der Waals surface area contributed by atoms with E-state index in [1.807, 2.05) is 20.9 Å². The molecule has 0 atom stereocenters. The summed E-state index contributed by atoms with van der Waals surface area (Å²) in [5.41, 5.74) is 1.59. The van der Waals surface area contributed by atoms with Gasteiger partial charge in [0, 0.05) is 20.1 Å². The molecule has 1 amide bonds. The summed E-state index contributed by atoms with van der Waals surface area (Å²) in [7, 11) is 3.64. The topological polar surface area (TPSA) is 50.2 Å². The first-order valence-electron chi connectivity index (χ1n) is 5.55. The highest BCUT2D eigenvalue weighted by molar-refractivity contribution is 6.31. The van der Waals surface area contributed by atoms with E-state index in [-0.39, 0.29) is 12.5 Å². The van der Waals surface area contributed by atoms with Crippen molar-refractivity contribution in [2.24, 2.45) is 0 Å². The van der Waals surface area contributed by atoms with Crippen molar-refractivity contribution < 1.29 is 4.79 Å². The van der Waals surface area contributed by atoms with Crippen LogP contribution in [-0.2, 0) is 11.3 Å². The minimum Gasteiger partial charge on any atom is -0.343 e. The standard InChI is InChI=1S/C11H19ClN4O/c1-8-11(12)9(2)16(14-8)7-10(17)15(4)6-5-13-3/h13H,5-7H2,1-4H3. The van der Waals surface area contributed by atoms with Crippen molar-refractivity contribution in [3.63, 3.8) is 0 Å². The molecule has 0 aromatic carbocycles. The molecule has 0 fully saturated rings. The number of nitrogens with zero attached hydrogens (tertiary/aromatic N) is 3. The zero-order valence-corrected chi connectivity index (χ0v) is 11.5. The third-order valence-corrected chi connectivity index (χ3v) is 3.25. The molecule has 0 bridgehead atoms. The lowest BCUT2D eigenvalue weighted by atomic mass is 10.4. The molecule has 0 radical (unpaired) electrons. The van der Waals surface area contributed by atoms with Crippen LogP contribution in [0.1, 0.15) is 11.4 Å². The Kier molecular flexibility index (Phi) is 4.96. The van der Waals surface area contributed by atoms with Crippen LogP contribution < -0.4 is 5.32 Å². The second-order valence-electron chi connectivity index (χ2n) is 4.06. The Morgan fingerprint density at radius 1 is 1.53 bits per heavy atom. The molecule has 0 aliphatic carbocycles. The smallest absolute Gasteiger partial charge is 0.244 e. The summed E-state index contributed by atoms with van der Waals surface area (Å²) in [6.45, 7) is 5.40. The van der Waals surface area contributed by atoms with Gasteiger partial charge in [-0.1, -0.05) is 11.6 Å². The zero-order valence-electron chi connectivity index (χ0n) is 10.7. The third kappa shape index (κ3) is 3.44. The molecule has 0 saturated carbocycles. The number of hydrogen-bond acceptors (Lipinski definition) is 3. The van der Waals surface area contributed by atoms with Gasteiger partial charge in [0.2, 0.25) is 5.91 Å². The number of aromatic nitrogens is 2. The number of likely N-dealkylation sites (N-methyl/N-ethyl adjacent to an activating group) is 2. The monoisotopic (exact) mass is 258 g/mol. The van der Waals surface area contributed by atoms with Gasteiger partial charge in [-0.15, -0.1) is 0 Å². The second kappa shape index (κ2) is 6.02. The van der Waals surface area contributed by atoms with E-state index >= 15 is 0 Å². The number of hydrogen-bond donors (Lipinski definition) is 1.